The zero-order valence-corrected chi connectivity index (χ0v) is 10.9. The monoisotopic (exact) mass is 234 g/mol. The smallest absolute Gasteiger partial charge is 0.0785 e. The quantitative estimate of drug-likeness (QED) is 0.624. The third-order valence-electron chi connectivity index (χ3n) is 2.03. The number of ether oxygens (including phenoxy) is 3. The lowest BCUT2D eigenvalue weighted by atomic mass is 10.4. The molecule has 0 saturated heterocycles. The molecule has 0 amide bonds. The molecule has 4 heteroatoms. The summed E-state index contributed by atoms with van der Waals surface area (Å²) in [5.41, 5.74) is 0. The maximum Gasteiger partial charge on any atom is 0.0785 e. The minimum atomic E-state index is -0.132. The van der Waals surface area contributed by atoms with E-state index < -0.39 is 0 Å². The molecule has 98 valence electrons. The van der Waals surface area contributed by atoms with Crippen molar-refractivity contribution in [2.24, 2.45) is 0 Å². The van der Waals surface area contributed by atoms with Crippen molar-refractivity contribution in [2.75, 3.05) is 26.4 Å². The summed E-state index contributed by atoms with van der Waals surface area (Å²) in [7, 11) is 0. The summed E-state index contributed by atoms with van der Waals surface area (Å²) < 4.78 is 16.4. The van der Waals surface area contributed by atoms with Crippen molar-refractivity contribution < 1.29 is 19.3 Å². The van der Waals surface area contributed by atoms with Gasteiger partial charge in [0.25, 0.3) is 0 Å². The van der Waals surface area contributed by atoms with Gasteiger partial charge in [0.05, 0.1) is 38.1 Å². The fourth-order valence-electron chi connectivity index (χ4n) is 1.25. The minimum absolute atomic E-state index is 0.000486. The van der Waals surface area contributed by atoms with Crippen molar-refractivity contribution in [3.63, 3.8) is 0 Å². The van der Waals surface area contributed by atoms with Crippen LogP contribution >= 0.6 is 0 Å². The lowest BCUT2D eigenvalue weighted by Crippen LogP contribution is -2.26. The van der Waals surface area contributed by atoms with E-state index in [1.807, 2.05) is 20.8 Å². The van der Waals surface area contributed by atoms with Crippen molar-refractivity contribution in [1.29, 1.82) is 0 Å². The summed E-state index contributed by atoms with van der Waals surface area (Å²) in [4.78, 5) is 0. The van der Waals surface area contributed by atoms with E-state index in [0.717, 1.165) is 13.0 Å². The average Bonchev–Trinajstić information content (AvgIpc) is 2.26. The van der Waals surface area contributed by atoms with Gasteiger partial charge < -0.3 is 19.3 Å². The van der Waals surface area contributed by atoms with Crippen molar-refractivity contribution in [2.45, 2.75) is 52.4 Å². The van der Waals surface area contributed by atoms with Gasteiger partial charge in [0, 0.05) is 6.61 Å². The van der Waals surface area contributed by atoms with Crippen LogP contribution in [0.3, 0.4) is 0 Å². The molecular formula is C12H26O4. The molecule has 0 aromatic heterocycles. The SMILES string of the molecule is CCCOC(C)COCC(C)OC(C)CO. The van der Waals surface area contributed by atoms with Gasteiger partial charge in [0.1, 0.15) is 0 Å². The molecule has 1 N–H and O–H groups in total. The predicted octanol–water partition coefficient (Wildman–Crippen LogP) is 1.60. The Balaban J connectivity index is 3.42. The third kappa shape index (κ3) is 9.09. The van der Waals surface area contributed by atoms with Gasteiger partial charge in [0.2, 0.25) is 0 Å². The highest BCUT2D eigenvalue weighted by Crippen LogP contribution is 2.00. The molecule has 0 aliphatic carbocycles. The minimum Gasteiger partial charge on any atom is -0.394 e. The fraction of sp³-hybridized carbons (Fsp3) is 1.00. The van der Waals surface area contributed by atoms with Crippen LogP contribution in [0.2, 0.25) is 0 Å². The van der Waals surface area contributed by atoms with Gasteiger partial charge in [-0.25, -0.2) is 0 Å². The van der Waals surface area contributed by atoms with Crippen LogP contribution in [0.25, 0.3) is 0 Å². The predicted molar refractivity (Wildman–Crippen MR) is 63.6 cm³/mol. The summed E-state index contributed by atoms with van der Waals surface area (Å²) in [6.45, 7) is 9.79. The van der Waals surface area contributed by atoms with E-state index >= 15 is 0 Å². The zero-order valence-electron chi connectivity index (χ0n) is 10.9. The lowest BCUT2D eigenvalue weighted by Gasteiger charge is -2.19. The van der Waals surface area contributed by atoms with Gasteiger partial charge in [-0.1, -0.05) is 6.92 Å². The van der Waals surface area contributed by atoms with E-state index in [1.165, 1.54) is 0 Å². The molecule has 0 spiro atoms. The Bertz CT molecular complexity index is 152. The van der Waals surface area contributed by atoms with Crippen LogP contribution in [-0.2, 0) is 14.2 Å². The van der Waals surface area contributed by atoms with Crippen LogP contribution in [0.1, 0.15) is 34.1 Å². The van der Waals surface area contributed by atoms with Gasteiger partial charge in [0.15, 0.2) is 0 Å². The third-order valence-corrected chi connectivity index (χ3v) is 2.03. The van der Waals surface area contributed by atoms with Gasteiger partial charge in [-0.2, -0.15) is 0 Å². The second kappa shape index (κ2) is 10.0. The summed E-state index contributed by atoms with van der Waals surface area (Å²) in [5.74, 6) is 0. The van der Waals surface area contributed by atoms with E-state index in [9.17, 15) is 0 Å². The van der Waals surface area contributed by atoms with Crippen molar-refractivity contribution in [1.82, 2.24) is 0 Å². The second-order valence-corrected chi connectivity index (χ2v) is 4.16. The average molecular weight is 234 g/mol. The summed E-state index contributed by atoms with van der Waals surface area (Å²) in [5, 5.41) is 8.81. The molecule has 16 heavy (non-hydrogen) atoms. The van der Waals surface area contributed by atoms with Crippen molar-refractivity contribution in [3.05, 3.63) is 0 Å². The molecular weight excluding hydrogens is 208 g/mol. The molecule has 0 aromatic carbocycles. The molecule has 3 unspecified atom stereocenters. The van der Waals surface area contributed by atoms with Gasteiger partial charge >= 0.3 is 0 Å². The molecule has 0 aromatic rings. The maximum absolute atomic E-state index is 8.81. The summed E-state index contributed by atoms with van der Waals surface area (Å²) >= 11 is 0. The van der Waals surface area contributed by atoms with E-state index in [2.05, 4.69) is 6.92 Å². The van der Waals surface area contributed by atoms with E-state index in [0.29, 0.717) is 13.2 Å². The highest BCUT2D eigenvalue weighted by atomic mass is 16.6. The van der Waals surface area contributed by atoms with Crippen LogP contribution in [0.5, 0.6) is 0 Å². The Morgan fingerprint density at radius 3 is 2.19 bits per heavy atom. The van der Waals surface area contributed by atoms with E-state index in [4.69, 9.17) is 19.3 Å². The molecule has 0 rings (SSSR count). The second-order valence-electron chi connectivity index (χ2n) is 4.16. The highest BCUT2D eigenvalue weighted by molar-refractivity contribution is 4.54. The van der Waals surface area contributed by atoms with E-state index in [1.54, 1.807) is 0 Å². The Hall–Kier alpha value is -0.160. The van der Waals surface area contributed by atoms with Gasteiger partial charge in [-0.3, -0.25) is 0 Å². The Labute approximate surface area is 98.9 Å². The molecule has 0 bridgehead atoms. The van der Waals surface area contributed by atoms with Gasteiger partial charge in [-0.05, 0) is 27.2 Å². The van der Waals surface area contributed by atoms with Crippen LogP contribution in [0, 0.1) is 0 Å². The normalized spacial score (nSPS) is 17.1. The highest BCUT2D eigenvalue weighted by Gasteiger charge is 2.09. The molecule has 4 nitrogen and oxygen atoms in total. The summed E-state index contributed by atoms with van der Waals surface area (Å²) in [6, 6.07) is 0. The van der Waals surface area contributed by atoms with E-state index in [-0.39, 0.29) is 24.9 Å². The summed E-state index contributed by atoms with van der Waals surface area (Å²) in [6.07, 6.45) is 1.02. The number of rotatable bonds is 10. The van der Waals surface area contributed by atoms with Crippen molar-refractivity contribution in [3.8, 4) is 0 Å². The van der Waals surface area contributed by atoms with Crippen LogP contribution < -0.4 is 0 Å². The first-order valence-electron chi connectivity index (χ1n) is 6.05. The first-order chi connectivity index (χ1) is 7.60. The van der Waals surface area contributed by atoms with Crippen molar-refractivity contribution >= 4 is 0 Å². The van der Waals surface area contributed by atoms with Crippen LogP contribution in [-0.4, -0.2) is 49.8 Å². The maximum atomic E-state index is 8.81. The molecule has 0 heterocycles. The molecule has 0 aliphatic heterocycles. The number of hydrogen-bond donors (Lipinski definition) is 1. The first-order valence-corrected chi connectivity index (χ1v) is 6.05. The Morgan fingerprint density at radius 1 is 1.00 bits per heavy atom. The number of aliphatic hydroxyl groups excluding tert-OH is 1. The number of hydrogen-bond acceptors (Lipinski definition) is 4. The molecule has 3 atom stereocenters. The number of aliphatic hydroxyl groups is 1. The first kappa shape index (κ1) is 15.8. The topological polar surface area (TPSA) is 47.9 Å². The lowest BCUT2D eigenvalue weighted by molar-refractivity contribution is -0.0755. The van der Waals surface area contributed by atoms with Crippen LogP contribution in [0.4, 0.5) is 0 Å². The zero-order chi connectivity index (χ0) is 12.4. The molecule has 0 saturated carbocycles. The fourth-order valence-corrected chi connectivity index (χ4v) is 1.25. The molecule has 0 radical (unpaired) electrons. The molecule has 0 aliphatic rings. The molecule has 0 fully saturated rings. The Morgan fingerprint density at radius 2 is 1.62 bits per heavy atom. The standard InChI is InChI=1S/C12H26O4/c1-5-6-15-11(3)8-14-9-12(4)16-10(2)7-13/h10-13H,5-9H2,1-4H3. The van der Waals surface area contributed by atoms with Gasteiger partial charge in [-0.15, -0.1) is 0 Å². The largest absolute Gasteiger partial charge is 0.394 e. The Kier molecular flexibility index (Phi) is 9.92. The van der Waals surface area contributed by atoms with Crippen LogP contribution in [0.15, 0.2) is 0 Å².